The van der Waals surface area contributed by atoms with Crippen molar-refractivity contribution in [2.45, 2.75) is 46.2 Å². The van der Waals surface area contributed by atoms with Crippen molar-refractivity contribution in [3.63, 3.8) is 0 Å². The van der Waals surface area contributed by atoms with E-state index in [-0.39, 0.29) is 12.6 Å². The van der Waals surface area contributed by atoms with Gasteiger partial charge in [0.05, 0.1) is 6.61 Å². The van der Waals surface area contributed by atoms with E-state index < -0.39 is 0 Å². The highest BCUT2D eigenvalue weighted by atomic mass is 16.3. The molecule has 0 aromatic carbocycles. The minimum Gasteiger partial charge on any atom is -0.395 e. The van der Waals surface area contributed by atoms with Gasteiger partial charge < -0.3 is 10.4 Å². The van der Waals surface area contributed by atoms with E-state index in [1.165, 1.54) is 0 Å². The van der Waals surface area contributed by atoms with Crippen molar-refractivity contribution >= 4 is 0 Å². The van der Waals surface area contributed by atoms with Crippen LogP contribution in [0.1, 0.15) is 34.1 Å². The van der Waals surface area contributed by atoms with Gasteiger partial charge in [-0.05, 0) is 19.3 Å². The molecule has 0 saturated carbocycles. The fourth-order valence-electron chi connectivity index (χ4n) is 1.20. The molecular weight excluding hydrogens is 138 g/mol. The van der Waals surface area contributed by atoms with Crippen molar-refractivity contribution in [1.29, 1.82) is 0 Å². The van der Waals surface area contributed by atoms with Crippen LogP contribution in [-0.2, 0) is 0 Å². The van der Waals surface area contributed by atoms with E-state index in [0.717, 1.165) is 6.42 Å². The van der Waals surface area contributed by atoms with E-state index in [0.29, 0.717) is 12.0 Å². The maximum atomic E-state index is 8.80. The van der Waals surface area contributed by atoms with Crippen molar-refractivity contribution in [3.05, 3.63) is 0 Å². The predicted molar refractivity (Wildman–Crippen MR) is 48.6 cm³/mol. The van der Waals surface area contributed by atoms with Crippen molar-refractivity contribution in [1.82, 2.24) is 5.32 Å². The Morgan fingerprint density at radius 1 is 1.27 bits per heavy atom. The quantitative estimate of drug-likeness (QED) is 0.635. The molecule has 0 rings (SSSR count). The molecule has 0 fully saturated rings. The molecule has 2 heteroatoms. The van der Waals surface area contributed by atoms with Gasteiger partial charge in [-0.3, -0.25) is 0 Å². The average molecular weight is 159 g/mol. The number of nitrogens with one attached hydrogen (secondary N) is 1. The molecule has 0 unspecified atom stereocenters. The summed E-state index contributed by atoms with van der Waals surface area (Å²) < 4.78 is 0. The first-order valence-electron chi connectivity index (χ1n) is 4.48. The summed E-state index contributed by atoms with van der Waals surface area (Å²) in [5, 5.41) is 12.2. The van der Waals surface area contributed by atoms with Gasteiger partial charge in [-0.25, -0.2) is 0 Å². The SMILES string of the molecule is CC[C@H](N[C@@H](C)CO)C(C)C. The molecule has 0 aromatic heterocycles. The van der Waals surface area contributed by atoms with Gasteiger partial charge in [0, 0.05) is 12.1 Å². The second-order valence-corrected chi connectivity index (χ2v) is 3.51. The topological polar surface area (TPSA) is 32.3 Å². The summed E-state index contributed by atoms with van der Waals surface area (Å²) in [5.41, 5.74) is 0. The van der Waals surface area contributed by atoms with Gasteiger partial charge in [0.2, 0.25) is 0 Å². The smallest absolute Gasteiger partial charge is 0.0582 e. The van der Waals surface area contributed by atoms with Crippen LogP contribution in [0.15, 0.2) is 0 Å². The molecule has 0 bridgehead atoms. The lowest BCUT2D eigenvalue weighted by Crippen LogP contribution is -2.41. The average Bonchev–Trinajstić information content (AvgIpc) is 1.99. The van der Waals surface area contributed by atoms with Gasteiger partial charge in [0.15, 0.2) is 0 Å². The zero-order valence-electron chi connectivity index (χ0n) is 8.09. The van der Waals surface area contributed by atoms with Crippen LogP contribution in [0.25, 0.3) is 0 Å². The van der Waals surface area contributed by atoms with Gasteiger partial charge in [0.1, 0.15) is 0 Å². The van der Waals surface area contributed by atoms with Gasteiger partial charge >= 0.3 is 0 Å². The van der Waals surface area contributed by atoms with Crippen LogP contribution in [0.5, 0.6) is 0 Å². The Bertz CT molecular complexity index is 93.6. The molecule has 0 aromatic rings. The minimum absolute atomic E-state index is 0.224. The van der Waals surface area contributed by atoms with Crippen LogP contribution < -0.4 is 5.32 Å². The molecule has 0 heterocycles. The minimum atomic E-state index is 0.224. The summed E-state index contributed by atoms with van der Waals surface area (Å²) in [5.74, 6) is 0.647. The molecule has 0 aliphatic rings. The third-order valence-electron chi connectivity index (χ3n) is 2.02. The number of rotatable bonds is 5. The van der Waals surface area contributed by atoms with E-state index in [1.54, 1.807) is 0 Å². The molecular formula is C9H21NO. The second kappa shape index (κ2) is 5.56. The second-order valence-electron chi connectivity index (χ2n) is 3.51. The largest absolute Gasteiger partial charge is 0.395 e. The van der Waals surface area contributed by atoms with E-state index in [1.807, 2.05) is 6.92 Å². The van der Waals surface area contributed by atoms with Crippen LogP contribution in [0, 0.1) is 5.92 Å². The Kier molecular flexibility index (Phi) is 5.51. The summed E-state index contributed by atoms with van der Waals surface area (Å²) in [6.07, 6.45) is 1.13. The van der Waals surface area contributed by atoms with Crippen LogP contribution >= 0.6 is 0 Å². The van der Waals surface area contributed by atoms with E-state index in [9.17, 15) is 0 Å². The lowest BCUT2D eigenvalue weighted by Gasteiger charge is -2.24. The molecule has 0 spiro atoms. The summed E-state index contributed by atoms with van der Waals surface area (Å²) >= 11 is 0. The first-order chi connectivity index (χ1) is 5.11. The van der Waals surface area contributed by atoms with E-state index in [2.05, 4.69) is 26.1 Å². The van der Waals surface area contributed by atoms with Crippen molar-refractivity contribution in [2.24, 2.45) is 5.92 Å². The Morgan fingerprint density at radius 2 is 1.82 bits per heavy atom. The van der Waals surface area contributed by atoms with Crippen molar-refractivity contribution < 1.29 is 5.11 Å². The van der Waals surface area contributed by atoms with E-state index in [4.69, 9.17) is 5.11 Å². The molecule has 0 radical (unpaired) electrons. The normalized spacial score (nSPS) is 16.9. The molecule has 0 amide bonds. The highest BCUT2D eigenvalue weighted by molar-refractivity contribution is 4.72. The number of hydrogen-bond acceptors (Lipinski definition) is 2. The van der Waals surface area contributed by atoms with Crippen LogP contribution in [0.3, 0.4) is 0 Å². The van der Waals surface area contributed by atoms with Gasteiger partial charge in [0.25, 0.3) is 0 Å². The summed E-state index contributed by atoms with van der Waals surface area (Å²) in [7, 11) is 0. The highest BCUT2D eigenvalue weighted by Gasteiger charge is 2.12. The van der Waals surface area contributed by atoms with Crippen molar-refractivity contribution in [3.8, 4) is 0 Å². The highest BCUT2D eigenvalue weighted by Crippen LogP contribution is 2.05. The monoisotopic (exact) mass is 159 g/mol. The number of aliphatic hydroxyl groups is 1. The summed E-state index contributed by atoms with van der Waals surface area (Å²) in [6.45, 7) is 8.80. The van der Waals surface area contributed by atoms with Crippen LogP contribution in [-0.4, -0.2) is 23.8 Å². The first-order valence-corrected chi connectivity index (χ1v) is 4.48. The summed E-state index contributed by atoms with van der Waals surface area (Å²) in [6, 6.07) is 0.763. The van der Waals surface area contributed by atoms with Crippen LogP contribution in [0.4, 0.5) is 0 Å². The van der Waals surface area contributed by atoms with Crippen molar-refractivity contribution in [2.75, 3.05) is 6.61 Å². The molecule has 68 valence electrons. The Morgan fingerprint density at radius 3 is 2.09 bits per heavy atom. The molecule has 2 N–H and O–H groups in total. The lowest BCUT2D eigenvalue weighted by molar-refractivity contribution is 0.227. The number of hydrogen-bond donors (Lipinski definition) is 2. The fourth-order valence-corrected chi connectivity index (χ4v) is 1.20. The molecule has 2 atom stereocenters. The third kappa shape index (κ3) is 4.38. The zero-order chi connectivity index (χ0) is 8.85. The Labute approximate surface area is 70.0 Å². The Balaban J connectivity index is 3.68. The molecule has 0 saturated heterocycles. The van der Waals surface area contributed by atoms with Gasteiger partial charge in [-0.2, -0.15) is 0 Å². The summed E-state index contributed by atoms with van der Waals surface area (Å²) in [4.78, 5) is 0. The van der Waals surface area contributed by atoms with Crippen LogP contribution in [0.2, 0.25) is 0 Å². The molecule has 0 aliphatic carbocycles. The van der Waals surface area contributed by atoms with Gasteiger partial charge in [-0.15, -0.1) is 0 Å². The van der Waals surface area contributed by atoms with E-state index >= 15 is 0 Å². The standard InChI is InChI=1S/C9H21NO/c1-5-9(7(2)3)10-8(4)6-11/h7-11H,5-6H2,1-4H3/t8-,9-/m0/s1. The first kappa shape index (κ1) is 10.9. The molecule has 0 aliphatic heterocycles. The van der Waals surface area contributed by atoms with Gasteiger partial charge in [-0.1, -0.05) is 20.8 Å². The maximum Gasteiger partial charge on any atom is 0.0582 e. The number of aliphatic hydroxyl groups excluding tert-OH is 1. The molecule has 11 heavy (non-hydrogen) atoms. The third-order valence-corrected chi connectivity index (χ3v) is 2.02. The maximum absolute atomic E-state index is 8.80. The Hall–Kier alpha value is -0.0800. The fraction of sp³-hybridized carbons (Fsp3) is 1.00. The predicted octanol–water partition coefficient (Wildman–Crippen LogP) is 1.39. The zero-order valence-corrected chi connectivity index (χ0v) is 8.09. The lowest BCUT2D eigenvalue weighted by atomic mass is 10.0. The molecule has 2 nitrogen and oxygen atoms in total.